The molecule has 2 rings (SSSR count). The first-order chi connectivity index (χ1) is 6.77. The van der Waals surface area contributed by atoms with Gasteiger partial charge in [-0.1, -0.05) is 27.5 Å². The summed E-state index contributed by atoms with van der Waals surface area (Å²) < 4.78 is 0. The molecule has 0 aliphatic rings. The molecule has 5 heteroatoms. The Balaban J connectivity index is 2.10. The fourth-order valence-corrected chi connectivity index (χ4v) is 3.38. The van der Waals surface area contributed by atoms with Gasteiger partial charge in [-0.25, -0.2) is 4.98 Å². The highest BCUT2D eigenvalue weighted by molar-refractivity contribution is 9.09. The van der Waals surface area contributed by atoms with Crippen LogP contribution in [0.4, 0.5) is 0 Å². The molecule has 2 nitrogen and oxygen atoms in total. The second-order valence-corrected chi connectivity index (χ2v) is 5.30. The molecule has 1 unspecified atom stereocenters. The number of aromatic amines is 1. The van der Waals surface area contributed by atoms with Crippen molar-refractivity contribution in [1.29, 1.82) is 0 Å². The average Bonchev–Trinajstić information content (AvgIpc) is 2.75. The summed E-state index contributed by atoms with van der Waals surface area (Å²) in [5, 5.41) is 2.82. The number of H-pyrrole nitrogens is 1. The second kappa shape index (κ2) is 4.47. The van der Waals surface area contributed by atoms with Gasteiger partial charge in [-0.3, -0.25) is 0 Å². The van der Waals surface area contributed by atoms with E-state index >= 15 is 0 Å². The third kappa shape index (κ3) is 2.19. The number of hydrogen-bond donors (Lipinski definition) is 1. The second-order valence-electron chi connectivity index (χ2n) is 2.84. The van der Waals surface area contributed by atoms with E-state index in [0.717, 1.165) is 22.1 Å². The highest BCUT2D eigenvalue weighted by Gasteiger charge is 2.14. The number of imidazole rings is 1. The molecule has 0 bridgehead atoms. The molecule has 1 atom stereocenters. The number of thiophene rings is 1. The molecule has 0 aliphatic carbocycles. The molecule has 2 aromatic rings. The lowest BCUT2D eigenvalue weighted by Gasteiger charge is -2.05. The number of hydrogen-bond acceptors (Lipinski definition) is 2. The lowest BCUT2D eigenvalue weighted by Crippen LogP contribution is -1.95. The van der Waals surface area contributed by atoms with Gasteiger partial charge >= 0.3 is 0 Å². The predicted octanol–water partition coefficient (Wildman–Crippen LogP) is 3.80. The van der Waals surface area contributed by atoms with Crippen LogP contribution in [0.15, 0.2) is 23.8 Å². The third-order valence-electron chi connectivity index (χ3n) is 1.86. The Morgan fingerprint density at radius 1 is 1.64 bits per heavy atom. The van der Waals surface area contributed by atoms with Crippen molar-refractivity contribution in [2.24, 2.45) is 0 Å². The van der Waals surface area contributed by atoms with E-state index < -0.39 is 0 Å². The van der Waals surface area contributed by atoms with Crippen molar-refractivity contribution >= 4 is 38.9 Å². The van der Waals surface area contributed by atoms with Crippen LogP contribution in [-0.2, 0) is 6.42 Å². The molecule has 0 amide bonds. The van der Waals surface area contributed by atoms with Gasteiger partial charge in [0.05, 0.1) is 9.85 Å². The van der Waals surface area contributed by atoms with Gasteiger partial charge in [0.15, 0.2) is 0 Å². The molecule has 74 valence electrons. The maximum atomic E-state index is 6.02. The van der Waals surface area contributed by atoms with Crippen LogP contribution >= 0.6 is 38.9 Å². The Hall–Kier alpha value is -0.320. The van der Waals surface area contributed by atoms with Crippen LogP contribution in [0.2, 0.25) is 5.02 Å². The van der Waals surface area contributed by atoms with Gasteiger partial charge in [-0.05, 0) is 11.4 Å². The standard InChI is InChI=1S/C9H8BrClN2S/c10-6(5-8-12-2-3-13-8)9-7(11)1-4-14-9/h1-4,6H,5H2,(H,12,13). The summed E-state index contributed by atoms with van der Waals surface area (Å²) in [6, 6.07) is 1.91. The summed E-state index contributed by atoms with van der Waals surface area (Å²) in [5.41, 5.74) is 0. The summed E-state index contributed by atoms with van der Waals surface area (Å²) in [7, 11) is 0. The number of rotatable bonds is 3. The van der Waals surface area contributed by atoms with Crippen LogP contribution in [0.1, 0.15) is 15.5 Å². The highest BCUT2D eigenvalue weighted by atomic mass is 79.9. The first-order valence-corrected chi connectivity index (χ1v) is 6.30. The van der Waals surface area contributed by atoms with Crippen molar-refractivity contribution in [3.05, 3.63) is 39.6 Å². The van der Waals surface area contributed by atoms with E-state index in [-0.39, 0.29) is 4.83 Å². The minimum atomic E-state index is 0.237. The Morgan fingerprint density at radius 3 is 3.07 bits per heavy atom. The zero-order valence-electron chi connectivity index (χ0n) is 7.21. The fourth-order valence-electron chi connectivity index (χ4n) is 1.20. The minimum absolute atomic E-state index is 0.237. The van der Waals surface area contributed by atoms with E-state index in [1.807, 2.05) is 17.6 Å². The maximum Gasteiger partial charge on any atom is 0.107 e. The highest BCUT2D eigenvalue weighted by Crippen LogP contribution is 2.35. The van der Waals surface area contributed by atoms with Gasteiger partial charge in [0.2, 0.25) is 0 Å². The molecule has 0 saturated carbocycles. The molecule has 0 fully saturated rings. The lowest BCUT2D eigenvalue weighted by molar-refractivity contribution is 0.889. The van der Waals surface area contributed by atoms with Crippen molar-refractivity contribution in [3.8, 4) is 0 Å². The van der Waals surface area contributed by atoms with E-state index in [1.54, 1.807) is 17.5 Å². The van der Waals surface area contributed by atoms with Crippen molar-refractivity contribution < 1.29 is 0 Å². The molecule has 0 radical (unpaired) electrons. The Kier molecular flexibility index (Phi) is 3.26. The van der Waals surface area contributed by atoms with Gasteiger partial charge in [0, 0.05) is 23.7 Å². The number of halogens is 2. The Bertz CT molecular complexity index is 399. The molecule has 2 heterocycles. The SMILES string of the molecule is Clc1ccsc1C(Br)Cc1ncc[nH]1. The summed E-state index contributed by atoms with van der Waals surface area (Å²) in [4.78, 5) is 8.63. The monoisotopic (exact) mass is 290 g/mol. The smallest absolute Gasteiger partial charge is 0.107 e. The van der Waals surface area contributed by atoms with Crippen molar-refractivity contribution in [2.75, 3.05) is 0 Å². The number of alkyl halides is 1. The number of nitrogens with zero attached hydrogens (tertiary/aromatic N) is 1. The fraction of sp³-hybridized carbons (Fsp3) is 0.222. The number of aromatic nitrogens is 2. The summed E-state index contributed by atoms with van der Waals surface area (Å²) in [6.07, 6.45) is 4.41. The Morgan fingerprint density at radius 2 is 2.50 bits per heavy atom. The summed E-state index contributed by atoms with van der Waals surface area (Å²) in [5.74, 6) is 0.969. The maximum absolute atomic E-state index is 6.02. The van der Waals surface area contributed by atoms with E-state index in [0.29, 0.717) is 0 Å². The van der Waals surface area contributed by atoms with Crippen LogP contribution in [0.3, 0.4) is 0 Å². The van der Waals surface area contributed by atoms with Gasteiger partial charge in [-0.2, -0.15) is 0 Å². The van der Waals surface area contributed by atoms with Gasteiger partial charge in [0.25, 0.3) is 0 Å². The lowest BCUT2D eigenvalue weighted by atomic mass is 10.2. The Labute approximate surface area is 99.5 Å². The van der Waals surface area contributed by atoms with Crippen LogP contribution in [0.5, 0.6) is 0 Å². The molecule has 0 aromatic carbocycles. The molecule has 14 heavy (non-hydrogen) atoms. The quantitative estimate of drug-likeness (QED) is 0.856. The van der Waals surface area contributed by atoms with Gasteiger partial charge < -0.3 is 4.98 Å². The largest absolute Gasteiger partial charge is 0.349 e. The van der Waals surface area contributed by atoms with E-state index in [1.165, 1.54) is 0 Å². The van der Waals surface area contributed by atoms with Crippen molar-refractivity contribution in [1.82, 2.24) is 9.97 Å². The normalized spacial score (nSPS) is 13.0. The molecule has 1 N–H and O–H groups in total. The molecule has 2 aromatic heterocycles. The topological polar surface area (TPSA) is 28.7 Å². The summed E-state index contributed by atoms with van der Waals surface area (Å²) >= 11 is 11.3. The molecular weight excluding hydrogens is 284 g/mol. The van der Waals surface area contributed by atoms with Gasteiger partial charge in [-0.15, -0.1) is 11.3 Å². The van der Waals surface area contributed by atoms with Crippen LogP contribution < -0.4 is 0 Å². The average molecular weight is 292 g/mol. The summed E-state index contributed by atoms with van der Waals surface area (Å²) in [6.45, 7) is 0. The van der Waals surface area contributed by atoms with Crippen LogP contribution in [-0.4, -0.2) is 9.97 Å². The van der Waals surface area contributed by atoms with Crippen molar-refractivity contribution in [2.45, 2.75) is 11.2 Å². The number of nitrogens with one attached hydrogen (secondary N) is 1. The van der Waals surface area contributed by atoms with E-state index in [2.05, 4.69) is 25.9 Å². The van der Waals surface area contributed by atoms with Crippen LogP contribution in [0, 0.1) is 0 Å². The van der Waals surface area contributed by atoms with Crippen molar-refractivity contribution in [3.63, 3.8) is 0 Å². The minimum Gasteiger partial charge on any atom is -0.349 e. The molecule has 0 spiro atoms. The van der Waals surface area contributed by atoms with E-state index in [4.69, 9.17) is 11.6 Å². The third-order valence-corrected chi connectivity index (χ3v) is 4.41. The van der Waals surface area contributed by atoms with Crippen LogP contribution in [0.25, 0.3) is 0 Å². The van der Waals surface area contributed by atoms with E-state index in [9.17, 15) is 0 Å². The first-order valence-electron chi connectivity index (χ1n) is 4.12. The molecule has 0 saturated heterocycles. The van der Waals surface area contributed by atoms with Gasteiger partial charge in [0.1, 0.15) is 5.82 Å². The zero-order valence-corrected chi connectivity index (χ0v) is 10.4. The predicted molar refractivity (Wildman–Crippen MR) is 63.3 cm³/mol. The molecular formula is C9H8BrClN2S. The molecule has 0 aliphatic heterocycles. The first kappa shape index (κ1) is 10.2. The zero-order chi connectivity index (χ0) is 9.97.